The molecule has 0 radical (unpaired) electrons. The number of hydrogen-bond donors (Lipinski definition) is 0. The molecule has 1 fully saturated rings. The van der Waals surface area contributed by atoms with Gasteiger partial charge in [-0.1, -0.05) is 47.2 Å². The van der Waals surface area contributed by atoms with Crippen molar-refractivity contribution in [1.82, 2.24) is 4.90 Å². The molecule has 3 amide bonds. The van der Waals surface area contributed by atoms with Gasteiger partial charge in [-0.2, -0.15) is 0 Å². The number of halogens is 2. The summed E-state index contributed by atoms with van der Waals surface area (Å²) < 4.78 is 15.2. The van der Waals surface area contributed by atoms with Gasteiger partial charge in [0.05, 0.1) is 22.3 Å². The van der Waals surface area contributed by atoms with Gasteiger partial charge in [0.25, 0.3) is 5.91 Å². The molecule has 1 saturated heterocycles. The van der Waals surface area contributed by atoms with Crippen LogP contribution in [0.3, 0.4) is 0 Å². The highest BCUT2D eigenvalue weighted by Gasteiger charge is 2.55. The van der Waals surface area contributed by atoms with Gasteiger partial charge in [0, 0.05) is 6.92 Å². The number of nitrogens with zero attached hydrogens (tertiary/aromatic N) is 2. The van der Waals surface area contributed by atoms with E-state index in [0.717, 1.165) is 4.90 Å². The molecule has 1 atom stereocenters. The molecule has 1 aliphatic heterocycles. The van der Waals surface area contributed by atoms with Gasteiger partial charge in [-0.3, -0.25) is 14.5 Å². The largest absolute Gasteiger partial charge is 0.514 e. The average Bonchev–Trinajstić information content (AvgIpc) is 3.00. The number of ether oxygens (including phenoxy) is 3. The van der Waals surface area contributed by atoms with Crippen LogP contribution in [0.15, 0.2) is 42.5 Å². The molecule has 0 saturated carbocycles. The number of esters is 1. The maximum atomic E-state index is 13.8. The van der Waals surface area contributed by atoms with Gasteiger partial charge in [-0.15, -0.1) is 0 Å². The molecule has 2 aromatic carbocycles. The highest BCUT2D eigenvalue weighted by atomic mass is 35.5. The molecule has 0 spiro atoms. The fourth-order valence-electron chi connectivity index (χ4n) is 3.63. The Balaban J connectivity index is 1.96. The average molecular weight is 561 g/mol. The lowest BCUT2D eigenvalue weighted by atomic mass is 9.90. The Bertz CT molecular complexity index is 1330. The summed E-state index contributed by atoms with van der Waals surface area (Å²) in [6, 6.07) is 9.92. The minimum atomic E-state index is -1.48. The number of rotatable bonds is 5. The third-order valence-corrected chi connectivity index (χ3v) is 6.20. The van der Waals surface area contributed by atoms with Crippen molar-refractivity contribution in [1.29, 1.82) is 0 Å². The molecule has 11 heteroatoms. The molecule has 0 aliphatic carbocycles. The Hall–Kier alpha value is -3.74. The molecular formula is C27H26Cl2N2O7. The predicted octanol–water partition coefficient (Wildman–Crippen LogP) is 5.56. The topological polar surface area (TPSA) is 102 Å². The molecule has 0 N–H and O–H groups in total. The van der Waals surface area contributed by atoms with Crippen LogP contribution in [0.2, 0.25) is 10.0 Å². The van der Waals surface area contributed by atoms with Gasteiger partial charge >= 0.3 is 18.2 Å². The third kappa shape index (κ3) is 6.39. The second-order valence-electron chi connectivity index (χ2n) is 9.40. The van der Waals surface area contributed by atoms with Crippen molar-refractivity contribution in [2.45, 2.75) is 45.8 Å². The van der Waals surface area contributed by atoms with E-state index < -0.39 is 35.2 Å². The molecule has 1 aliphatic rings. The number of carbonyl (C=O) groups is 4. The molecule has 38 heavy (non-hydrogen) atoms. The quantitative estimate of drug-likeness (QED) is 0.204. The predicted molar refractivity (Wildman–Crippen MR) is 141 cm³/mol. The Morgan fingerprint density at radius 3 is 2.24 bits per heavy atom. The van der Waals surface area contributed by atoms with Crippen LogP contribution >= 0.6 is 23.2 Å². The van der Waals surface area contributed by atoms with Crippen LogP contribution in [-0.2, 0) is 24.6 Å². The Morgan fingerprint density at radius 2 is 1.66 bits per heavy atom. The maximum absolute atomic E-state index is 13.8. The van der Waals surface area contributed by atoms with Crippen molar-refractivity contribution >= 4 is 53.0 Å². The fourth-order valence-corrected chi connectivity index (χ4v) is 3.92. The van der Waals surface area contributed by atoms with Gasteiger partial charge in [-0.05, 0) is 63.6 Å². The van der Waals surface area contributed by atoms with E-state index in [4.69, 9.17) is 37.4 Å². The molecular weight excluding hydrogens is 535 g/mol. The van der Waals surface area contributed by atoms with Crippen LogP contribution in [0.4, 0.5) is 15.3 Å². The van der Waals surface area contributed by atoms with Gasteiger partial charge in [-0.25, -0.2) is 14.5 Å². The lowest BCUT2D eigenvalue weighted by molar-refractivity contribution is -0.139. The smallest absolute Gasteiger partial charge is 0.453 e. The Labute approximate surface area is 230 Å². The van der Waals surface area contributed by atoms with Crippen molar-refractivity contribution < 1.29 is 33.4 Å². The first-order chi connectivity index (χ1) is 17.7. The summed E-state index contributed by atoms with van der Waals surface area (Å²) in [6.07, 6.45) is -0.876. The highest BCUT2D eigenvalue weighted by Crippen LogP contribution is 2.41. The van der Waals surface area contributed by atoms with E-state index in [0.29, 0.717) is 5.56 Å². The van der Waals surface area contributed by atoms with Crippen molar-refractivity contribution in [3.63, 3.8) is 0 Å². The van der Waals surface area contributed by atoms with Crippen molar-refractivity contribution in [2.75, 3.05) is 18.1 Å². The van der Waals surface area contributed by atoms with E-state index in [9.17, 15) is 19.2 Å². The van der Waals surface area contributed by atoms with Crippen molar-refractivity contribution in [2.24, 2.45) is 0 Å². The lowest BCUT2D eigenvalue weighted by Gasteiger charge is -2.30. The maximum Gasteiger partial charge on any atom is 0.514 e. The number of amides is 3. The highest BCUT2D eigenvalue weighted by molar-refractivity contribution is 6.42. The van der Waals surface area contributed by atoms with Crippen molar-refractivity contribution in [3.8, 4) is 17.6 Å². The zero-order valence-electron chi connectivity index (χ0n) is 21.5. The third-order valence-electron chi connectivity index (χ3n) is 5.46. The van der Waals surface area contributed by atoms with E-state index in [1.807, 2.05) is 0 Å². The van der Waals surface area contributed by atoms with Crippen LogP contribution in [0.1, 0.15) is 40.2 Å². The minimum absolute atomic E-state index is 0.143. The summed E-state index contributed by atoms with van der Waals surface area (Å²) in [5, 5.41) is 0.445. The first-order valence-corrected chi connectivity index (χ1v) is 12.2. The van der Waals surface area contributed by atoms with E-state index in [1.165, 1.54) is 42.2 Å². The van der Waals surface area contributed by atoms with Gasteiger partial charge in [0.2, 0.25) is 0 Å². The lowest BCUT2D eigenvalue weighted by Crippen LogP contribution is -2.44. The van der Waals surface area contributed by atoms with Gasteiger partial charge in [0.1, 0.15) is 16.9 Å². The number of carbonyl (C=O) groups excluding carboxylic acids is 4. The second kappa shape index (κ2) is 11.3. The molecule has 0 aromatic heterocycles. The van der Waals surface area contributed by atoms with E-state index >= 15 is 0 Å². The molecule has 9 nitrogen and oxygen atoms in total. The van der Waals surface area contributed by atoms with Crippen LogP contribution < -0.4 is 9.64 Å². The SMILES string of the molecule is CC(=O)OCC#CCN1C(=O)N(c2ccc(Cl)c(Cl)c2)C(=O)C1(C)c1ccc(OC(=O)OC(C)(C)C)cc1. The van der Waals surface area contributed by atoms with Crippen LogP contribution in [0.5, 0.6) is 5.75 Å². The monoisotopic (exact) mass is 560 g/mol. The standard InChI is InChI=1S/C27H26Cl2N2O7/c1-17(32)36-15-7-6-14-30-24(34)31(19-10-13-21(28)22(29)16-19)23(33)27(30,5)18-8-11-20(12-9-18)37-25(35)38-26(2,3)4/h8-13,16H,14-15H2,1-5H3. The number of benzene rings is 2. The first-order valence-electron chi connectivity index (χ1n) is 11.5. The van der Waals surface area contributed by atoms with Gasteiger partial charge in [0.15, 0.2) is 6.61 Å². The summed E-state index contributed by atoms with van der Waals surface area (Å²) in [6.45, 7) is 7.68. The second-order valence-corrected chi connectivity index (χ2v) is 10.2. The molecule has 0 bridgehead atoms. The van der Waals surface area contributed by atoms with Gasteiger partial charge < -0.3 is 14.2 Å². The molecule has 1 unspecified atom stereocenters. The normalized spacial score (nSPS) is 17.1. The fraction of sp³-hybridized carbons (Fsp3) is 0.333. The summed E-state index contributed by atoms with van der Waals surface area (Å²) >= 11 is 12.2. The summed E-state index contributed by atoms with van der Waals surface area (Å²) in [7, 11) is 0. The molecule has 2 aromatic rings. The minimum Gasteiger partial charge on any atom is -0.453 e. The van der Waals surface area contributed by atoms with Crippen LogP contribution in [0, 0.1) is 11.8 Å². The molecule has 3 rings (SSSR count). The number of urea groups is 1. The van der Waals surface area contributed by atoms with Crippen LogP contribution in [-0.4, -0.2) is 47.7 Å². The van der Waals surface area contributed by atoms with Crippen LogP contribution in [0.25, 0.3) is 0 Å². The zero-order chi connectivity index (χ0) is 28.3. The number of hydrogen-bond acceptors (Lipinski definition) is 7. The Kier molecular flexibility index (Phi) is 8.60. The molecule has 200 valence electrons. The summed E-state index contributed by atoms with van der Waals surface area (Å²) in [4.78, 5) is 52.7. The van der Waals surface area contributed by atoms with Crippen molar-refractivity contribution in [3.05, 3.63) is 58.1 Å². The van der Waals surface area contributed by atoms with E-state index in [-0.39, 0.29) is 34.6 Å². The molecule has 1 heterocycles. The number of anilines is 1. The summed E-state index contributed by atoms with van der Waals surface area (Å²) in [5.74, 6) is 4.59. The van der Waals surface area contributed by atoms with E-state index in [1.54, 1.807) is 39.8 Å². The first kappa shape index (κ1) is 28.8. The number of imide groups is 1. The Morgan fingerprint density at radius 1 is 1.00 bits per heavy atom. The zero-order valence-corrected chi connectivity index (χ0v) is 23.0. The van der Waals surface area contributed by atoms with E-state index in [2.05, 4.69) is 11.8 Å². The summed E-state index contributed by atoms with van der Waals surface area (Å²) in [5.41, 5.74) is -1.53.